The van der Waals surface area contributed by atoms with Crippen LogP contribution in [0.1, 0.15) is 19.8 Å². The minimum Gasteiger partial charge on any atom is -0.465 e. The first-order chi connectivity index (χ1) is 8.20. The number of rotatable bonds is 5. The molecule has 0 amide bonds. The van der Waals surface area contributed by atoms with E-state index < -0.39 is 0 Å². The largest absolute Gasteiger partial charge is 0.465 e. The Bertz CT molecular complexity index is 390. The molecule has 92 valence electrons. The highest BCUT2D eigenvalue weighted by Crippen LogP contribution is 2.30. The molecule has 0 N–H and O–H groups in total. The summed E-state index contributed by atoms with van der Waals surface area (Å²) in [6, 6.07) is 3.27. The van der Waals surface area contributed by atoms with Gasteiger partial charge in [0.1, 0.15) is 18.2 Å². The van der Waals surface area contributed by atoms with Crippen LogP contribution < -0.4 is 4.90 Å². The molecule has 1 saturated carbocycles. The Labute approximate surface area is 99.4 Å². The Morgan fingerprint density at radius 1 is 1.59 bits per heavy atom. The van der Waals surface area contributed by atoms with E-state index in [1.54, 1.807) is 13.0 Å². The molecule has 0 aliphatic heterocycles. The number of hydrogen-bond donors (Lipinski definition) is 0. The van der Waals surface area contributed by atoms with E-state index in [4.69, 9.17) is 4.74 Å². The topological polar surface area (TPSA) is 42.4 Å². The number of ether oxygens (including phenoxy) is 1. The Morgan fingerprint density at radius 3 is 2.88 bits per heavy atom. The van der Waals surface area contributed by atoms with Crippen LogP contribution in [0.2, 0.25) is 0 Å². The summed E-state index contributed by atoms with van der Waals surface area (Å²) in [5, 5.41) is 0. The van der Waals surface area contributed by atoms with E-state index in [1.165, 1.54) is 6.07 Å². The summed E-state index contributed by atoms with van der Waals surface area (Å²) in [5.41, 5.74) is 0. The van der Waals surface area contributed by atoms with Crippen molar-refractivity contribution in [2.45, 2.75) is 25.8 Å². The summed E-state index contributed by atoms with van der Waals surface area (Å²) in [7, 11) is 0. The molecule has 0 atom stereocenters. The van der Waals surface area contributed by atoms with Gasteiger partial charge in [0.15, 0.2) is 0 Å². The van der Waals surface area contributed by atoms with Crippen LogP contribution in [0.25, 0.3) is 0 Å². The first-order valence-electron chi connectivity index (χ1n) is 5.74. The molecular weight excluding hydrogens is 223 g/mol. The first-order valence-corrected chi connectivity index (χ1v) is 5.74. The molecular formula is C12H15FN2O2. The standard InChI is InChI=1S/C12H15FN2O2/c1-2-17-12(16)8-15(10-4-5-10)11-6-3-9(13)7-14-11/h3,6-7,10H,2,4-5,8H2,1H3. The van der Waals surface area contributed by atoms with Crippen LogP contribution in [0.5, 0.6) is 0 Å². The maximum absolute atomic E-state index is 12.8. The second kappa shape index (κ2) is 5.12. The minimum absolute atomic E-state index is 0.178. The van der Waals surface area contributed by atoms with Crippen molar-refractivity contribution in [2.24, 2.45) is 0 Å². The van der Waals surface area contributed by atoms with Gasteiger partial charge in [-0.2, -0.15) is 0 Å². The normalized spacial score (nSPS) is 14.5. The van der Waals surface area contributed by atoms with Crippen LogP contribution in [-0.2, 0) is 9.53 Å². The van der Waals surface area contributed by atoms with Gasteiger partial charge in [-0.05, 0) is 31.9 Å². The van der Waals surface area contributed by atoms with Crippen molar-refractivity contribution in [2.75, 3.05) is 18.1 Å². The maximum Gasteiger partial charge on any atom is 0.325 e. The van der Waals surface area contributed by atoms with Crippen LogP contribution >= 0.6 is 0 Å². The van der Waals surface area contributed by atoms with Gasteiger partial charge in [0.25, 0.3) is 0 Å². The SMILES string of the molecule is CCOC(=O)CN(c1ccc(F)cn1)C1CC1. The molecule has 17 heavy (non-hydrogen) atoms. The lowest BCUT2D eigenvalue weighted by molar-refractivity contribution is -0.141. The lowest BCUT2D eigenvalue weighted by Gasteiger charge is -2.22. The van der Waals surface area contributed by atoms with Crippen LogP contribution in [0.3, 0.4) is 0 Å². The van der Waals surface area contributed by atoms with E-state index in [2.05, 4.69) is 4.98 Å². The van der Waals surface area contributed by atoms with E-state index in [9.17, 15) is 9.18 Å². The smallest absolute Gasteiger partial charge is 0.325 e. The molecule has 4 nitrogen and oxygen atoms in total. The number of halogens is 1. The van der Waals surface area contributed by atoms with Gasteiger partial charge in [-0.3, -0.25) is 4.79 Å². The fourth-order valence-corrected chi connectivity index (χ4v) is 1.67. The first kappa shape index (κ1) is 11.8. The number of hydrogen-bond acceptors (Lipinski definition) is 4. The van der Waals surface area contributed by atoms with Crippen molar-refractivity contribution in [1.29, 1.82) is 0 Å². The lowest BCUT2D eigenvalue weighted by atomic mass is 10.4. The number of carbonyl (C=O) groups excluding carboxylic acids is 1. The highest BCUT2D eigenvalue weighted by atomic mass is 19.1. The molecule has 1 aliphatic rings. The monoisotopic (exact) mass is 238 g/mol. The fourth-order valence-electron chi connectivity index (χ4n) is 1.67. The van der Waals surface area contributed by atoms with E-state index >= 15 is 0 Å². The van der Waals surface area contributed by atoms with Crippen LogP contribution in [0.15, 0.2) is 18.3 Å². The molecule has 1 fully saturated rings. The number of carbonyl (C=O) groups is 1. The number of esters is 1. The Kier molecular flexibility index (Phi) is 3.56. The van der Waals surface area contributed by atoms with Gasteiger partial charge in [0.2, 0.25) is 0 Å². The van der Waals surface area contributed by atoms with Crippen LogP contribution in [0.4, 0.5) is 10.2 Å². The third-order valence-corrected chi connectivity index (χ3v) is 2.60. The molecule has 0 bridgehead atoms. The van der Waals surface area contributed by atoms with Crippen molar-refractivity contribution in [3.05, 3.63) is 24.1 Å². The summed E-state index contributed by atoms with van der Waals surface area (Å²) in [6.07, 6.45) is 3.24. The number of pyridine rings is 1. The summed E-state index contributed by atoms with van der Waals surface area (Å²) < 4.78 is 17.7. The zero-order chi connectivity index (χ0) is 12.3. The van der Waals surface area contributed by atoms with Crippen LogP contribution in [-0.4, -0.2) is 30.1 Å². The second-order valence-corrected chi connectivity index (χ2v) is 4.00. The molecule has 1 aromatic rings. The molecule has 0 unspecified atom stereocenters. The Balaban J connectivity index is 2.06. The quantitative estimate of drug-likeness (QED) is 0.733. The average Bonchev–Trinajstić information content (AvgIpc) is 3.12. The van der Waals surface area contributed by atoms with Gasteiger partial charge in [-0.15, -0.1) is 0 Å². The zero-order valence-corrected chi connectivity index (χ0v) is 9.73. The Hall–Kier alpha value is -1.65. The molecule has 0 spiro atoms. The summed E-state index contributed by atoms with van der Waals surface area (Å²) in [5.74, 6) is -0.0203. The highest BCUT2D eigenvalue weighted by molar-refractivity contribution is 5.75. The molecule has 5 heteroatoms. The maximum atomic E-state index is 12.8. The molecule has 1 heterocycles. The third-order valence-electron chi connectivity index (χ3n) is 2.60. The van der Waals surface area contributed by atoms with E-state index in [-0.39, 0.29) is 18.3 Å². The molecule has 0 aromatic carbocycles. The molecule has 1 aliphatic carbocycles. The van der Waals surface area contributed by atoms with Gasteiger partial charge in [0.05, 0.1) is 12.8 Å². The zero-order valence-electron chi connectivity index (χ0n) is 9.73. The molecule has 0 saturated heterocycles. The predicted octanol–water partition coefficient (Wildman–Crippen LogP) is 1.75. The summed E-state index contributed by atoms with van der Waals surface area (Å²) >= 11 is 0. The number of aromatic nitrogens is 1. The van der Waals surface area contributed by atoms with Gasteiger partial charge >= 0.3 is 5.97 Å². The number of nitrogens with zero attached hydrogens (tertiary/aromatic N) is 2. The van der Waals surface area contributed by atoms with E-state index in [0.717, 1.165) is 19.0 Å². The van der Waals surface area contributed by atoms with Crippen molar-refractivity contribution in [1.82, 2.24) is 4.98 Å². The lowest BCUT2D eigenvalue weighted by Crippen LogP contribution is -2.33. The highest BCUT2D eigenvalue weighted by Gasteiger charge is 2.31. The fraction of sp³-hybridized carbons (Fsp3) is 0.500. The summed E-state index contributed by atoms with van der Waals surface area (Å²) in [4.78, 5) is 17.3. The van der Waals surface area contributed by atoms with Crippen molar-refractivity contribution in [3.63, 3.8) is 0 Å². The predicted molar refractivity (Wildman–Crippen MR) is 61.2 cm³/mol. The van der Waals surface area contributed by atoms with Gasteiger partial charge in [0, 0.05) is 6.04 Å². The van der Waals surface area contributed by atoms with Gasteiger partial charge in [-0.1, -0.05) is 0 Å². The third kappa shape index (κ3) is 3.15. The summed E-state index contributed by atoms with van der Waals surface area (Å²) in [6.45, 7) is 2.32. The van der Waals surface area contributed by atoms with E-state index in [0.29, 0.717) is 18.5 Å². The Morgan fingerprint density at radius 2 is 2.35 bits per heavy atom. The van der Waals surface area contributed by atoms with E-state index in [1.807, 2.05) is 4.90 Å². The molecule has 1 aromatic heterocycles. The molecule has 2 rings (SSSR count). The van der Waals surface area contributed by atoms with Crippen molar-refractivity contribution < 1.29 is 13.9 Å². The minimum atomic E-state index is -0.374. The molecule has 0 radical (unpaired) electrons. The van der Waals surface area contributed by atoms with Crippen LogP contribution in [0, 0.1) is 5.82 Å². The van der Waals surface area contributed by atoms with Gasteiger partial charge < -0.3 is 9.64 Å². The van der Waals surface area contributed by atoms with Crippen molar-refractivity contribution >= 4 is 11.8 Å². The average molecular weight is 238 g/mol. The number of anilines is 1. The van der Waals surface area contributed by atoms with Crippen molar-refractivity contribution in [3.8, 4) is 0 Å². The van der Waals surface area contributed by atoms with Gasteiger partial charge in [-0.25, -0.2) is 9.37 Å². The second-order valence-electron chi connectivity index (χ2n) is 4.00.